The smallest absolute Gasteiger partial charge is 0.264 e. The van der Waals surface area contributed by atoms with E-state index in [9.17, 15) is 18.0 Å². The third-order valence-corrected chi connectivity index (χ3v) is 7.16. The quantitative estimate of drug-likeness (QED) is 0.382. The molecule has 10 nitrogen and oxygen atoms in total. The molecule has 0 saturated carbocycles. The summed E-state index contributed by atoms with van der Waals surface area (Å²) >= 11 is 0. The maximum atomic E-state index is 13.4. The zero-order valence-electron chi connectivity index (χ0n) is 18.3. The Morgan fingerprint density at radius 2 is 1.82 bits per heavy atom. The summed E-state index contributed by atoms with van der Waals surface area (Å²) in [6, 6.07) is 14.1. The molecule has 1 aliphatic heterocycles. The number of carbonyl (C=O) groups excluding carboxylic acids is 2. The van der Waals surface area contributed by atoms with E-state index >= 15 is 0 Å². The number of morpholine rings is 1. The predicted molar refractivity (Wildman–Crippen MR) is 118 cm³/mol. The Bertz CT molecular complexity index is 1060. The van der Waals surface area contributed by atoms with Crippen LogP contribution in [0.15, 0.2) is 59.5 Å². The highest BCUT2D eigenvalue weighted by molar-refractivity contribution is 7.89. The van der Waals surface area contributed by atoms with Crippen molar-refractivity contribution >= 4 is 21.8 Å². The average Bonchev–Trinajstić information content (AvgIpc) is 2.82. The summed E-state index contributed by atoms with van der Waals surface area (Å²) < 4.78 is 39.2. The van der Waals surface area contributed by atoms with Gasteiger partial charge in [0.25, 0.3) is 5.91 Å². The lowest BCUT2D eigenvalue weighted by molar-refractivity contribution is -0.150. The summed E-state index contributed by atoms with van der Waals surface area (Å²) in [5, 5.41) is 11.6. The van der Waals surface area contributed by atoms with E-state index in [1.54, 1.807) is 0 Å². The number of sulfonamides is 1. The average molecular weight is 478 g/mol. The maximum Gasteiger partial charge on any atom is 0.264 e. The standard InChI is InChI=1S/C22H27N3O7S/c1-15-21(22(27)24-28)25(13-18(32-15)12-20(26)23-2)33(29,30)19-10-8-17(9-11-19)31-14-16-6-4-3-5-7-16/h3-11,15,18,21,28H,12-14H2,1-2H3,(H,23,26)(H,24,27). The number of hydrogen-bond donors (Lipinski definition) is 3. The zero-order valence-corrected chi connectivity index (χ0v) is 19.1. The van der Waals surface area contributed by atoms with Crippen LogP contribution in [0, 0.1) is 0 Å². The molecule has 1 fully saturated rings. The molecule has 1 heterocycles. The number of nitrogens with zero attached hydrogens (tertiary/aromatic N) is 1. The van der Waals surface area contributed by atoms with Crippen LogP contribution < -0.4 is 15.5 Å². The van der Waals surface area contributed by atoms with Crippen molar-refractivity contribution in [3.8, 4) is 5.75 Å². The van der Waals surface area contributed by atoms with Crippen LogP contribution in [0.2, 0.25) is 0 Å². The van der Waals surface area contributed by atoms with Crippen LogP contribution in [-0.2, 0) is 31.0 Å². The first-order valence-corrected chi connectivity index (χ1v) is 11.8. The summed E-state index contributed by atoms with van der Waals surface area (Å²) in [6.07, 6.45) is -1.73. The minimum atomic E-state index is -4.16. The van der Waals surface area contributed by atoms with Crippen molar-refractivity contribution in [2.75, 3.05) is 13.6 Å². The Balaban J connectivity index is 1.81. The molecule has 0 aromatic heterocycles. The molecular weight excluding hydrogens is 450 g/mol. The van der Waals surface area contributed by atoms with E-state index < -0.39 is 34.2 Å². The van der Waals surface area contributed by atoms with Gasteiger partial charge in [0, 0.05) is 13.6 Å². The van der Waals surface area contributed by atoms with Crippen LogP contribution in [0.4, 0.5) is 0 Å². The van der Waals surface area contributed by atoms with Gasteiger partial charge in [0.1, 0.15) is 18.4 Å². The van der Waals surface area contributed by atoms with Gasteiger partial charge in [-0.25, -0.2) is 13.9 Å². The van der Waals surface area contributed by atoms with Crippen molar-refractivity contribution in [1.29, 1.82) is 0 Å². The van der Waals surface area contributed by atoms with Gasteiger partial charge >= 0.3 is 0 Å². The van der Waals surface area contributed by atoms with E-state index in [0.717, 1.165) is 9.87 Å². The number of nitrogens with one attached hydrogen (secondary N) is 2. The number of carbonyl (C=O) groups is 2. The highest BCUT2D eigenvalue weighted by atomic mass is 32.2. The number of amides is 2. The van der Waals surface area contributed by atoms with Crippen molar-refractivity contribution in [3.63, 3.8) is 0 Å². The fourth-order valence-corrected chi connectivity index (χ4v) is 5.31. The first-order valence-electron chi connectivity index (χ1n) is 10.3. The Hall–Kier alpha value is -2.99. The molecule has 3 N–H and O–H groups in total. The van der Waals surface area contributed by atoms with Crippen LogP contribution in [0.25, 0.3) is 0 Å². The highest BCUT2D eigenvalue weighted by Gasteiger charge is 2.45. The molecular formula is C22H27N3O7S. The highest BCUT2D eigenvalue weighted by Crippen LogP contribution is 2.28. The Labute approximate surface area is 192 Å². The second-order valence-corrected chi connectivity index (χ2v) is 9.47. The van der Waals surface area contributed by atoms with Gasteiger partial charge in [-0.3, -0.25) is 14.8 Å². The van der Waals surface area contributed by atoms with Crippen molar-refractivity contribution in [2.45, 2.75) is 43.1 Å². The first-order chi connectivity index (χ1) is 15.8. The second-order valence-electron chi connectivity index (χ2n) is 7.58. The molecule has 2 aromatic carbocycles. The van der Waals surface area contributed by atoms with E-state index in [0.29, 0.717) is 12.4 Å². The number of ether oxygens (including phenoxy) is 2. The Kier molecular flexibility index (Phi) is 8.03. The molecule has 2 aromatic rings. The largest absolute Gasteiger partial charge is 0.489 e. The van der Waals surface area contributed by atoms with Gasteiger partial charge in [0.2, 0.25) is 15.9 Å². The number of benzene rings is 2. The van der Waals surface area contributed by atoms with Gasteiger partial charge in [-0.2, -0.15) is 4.31 Å². The molecule has 11 heteroatoms. The summed E-state index contributed by atoms with van der Waals surface area (Å²) in [4.78, 5) is 24.0. The maximum absolute atomic E-state index is 13.4. The molecule has 2 amide bonds. The molecule has 0 aliphatic carbocycles. The summed E-state index contributed by atoms with van der Waals surface area (Å²) in [7, 11) is -2.70. The summed E-state index contributed by atoms with van der Waals surface area (Å²) in [6.45, 7) is 1.61. The normalized spacial score (nSPS) is 21.2. The van der Waals surface area contributed by atoms with Gasteiger partial charge in [-0.1, -0.05) is 30.3 Å². The van der Waals surface area contributed by atoms with Crippen LogP contribution in [0.5, 0.6) is 5.75 Å². The number of hydroxylamine groups is 1. The second kappa shape index (κ2) is 10.8. The molecule has 178 valence electrons. The predicted octanol–water partition coefficient (Wildman–Crippen LogP) is 1.05. The van der Waals surface area contributed by atoms with E-state index in [2.05, 4.69) is 5.32 Å². The molecule has 1 aliphatic rings. The Morgan fingerprint density at radius 1 is 1.15 bits per heavy atom. The van der Waals surface area contributed by atoms with Gasteiger partial charge in [-0.05, 0) is 36.8 Å². The molecule has 0 radical (unpaired) electrons. The SMILES string of the molecule is CNC(=O)CC1CN(S(=O)(=O)c2ccc(OCc3ccccc3)cc2)C(C(=O)NO)C(C)O1. The van der Waals surface area contributed by atoms with Gasteiger partial charge in [0.05, 0.1) is 23.5 Å². The lowest BCUT2D eigenvalue weighted by Gasteiger charge is -2.41. The van der Waals surface area contributed by atoms with Gasteiger partial charge in [0.15, 0.2) is 0 Å². The van der Waals surface area contributed by atoms with Crippen molar-refractivity contribution in [3.05, 3.63) is 60.2 Å². The topological polar surface area (TPSA) is 134 Å². The van der Waals surface area contributed by atoms with E-state index in [1.807, 2.05) is 30.3 Å². The first kappa shape index (κ1) is 24.6. The molecule has 3 rings (SSSR count). The summed E-state index contributed by atoms with van der Waals surface area (Å²) in [5.74, 6) is -0.767. The summed E-state index contributed by atoms with van der Waals surface area (Å²) in [5.41, 5.74) is 2.47. The van der Waals surface area contributed by atoms with E-state index in [1.165, 1.54) is 43.7 Å². The van der Waals surface area contributed by atoms with Crippen molar-refractivity contribution in [1.82, 2.24) is 15.1 Å². The van der Waals surface area contributed by atoms with Crippen molar-refractivity contribution < 1.29 is 32.7 Å². The Morgan fingerprint density at radius 3 is 2.42 bits per heavy atom. The van der Waals surface area contributed by atoms with Crippen molar-refractivity contribution in [2.24, 2.45) is 0 Å². The lowest BCUT2D eigenvalue weighted by Crippen LogP contribution is -2.61. The van der Waals surface area contributed by atoms with E-state index in [-0.39, 0.29) is 23.8 Å². The monoisotopic (exact) mass is 477 g/mol. The van der Waals surface area contributed by atoms with Crippen LogP contribution >= 0.6 is 0 Å². The molecule has 33 heavy (non-hydrogen) atoms. The number of hydrogen-bond acceptors (Lipinski definition) is 7. The third kappa shape index (κ3) is 5.88. The van der Waals surface area contributed by atoms with Gasteiger partial charge < -0.3 is 14.8 Å². The fourth-order valence-electron chi connectivity index (χ4n) is 3.63. The van der Waals surface area contributed by atoms with Crippen LogP contribution in [-0.4, -0.2) is 61.6 Å². The minimum absolute atomic E-state index is 0.0573. The fraction of sp³-hybridized carbons (Fsp3) is 0.364. The molecule has 0 spiro atoms. The molecule has 0 bridgehead atoms. The zero-order chi connectivity index (χ0) is 24.0. The minimum Gasteiger partial charge on any atom is -0.489 e. The van der Waals surface area contributed by atoms with E-state index in [4.69, 9.17) is 14.7 Å². The molecule has 1 saturated heterocycles. The van der Waals surface area contributed by atoms with Crippen LogP contribution in [0.1, 0.15) is 18.9 Å². The molecule has 3 unspecified atom stereocenters. The van der Waals surface area contributed by atoms with Gasteiger partial charge in [-0.15, -0.1) is 0 Å². The van der Waals surface area contributed by atoms with Crippen LogP contribution in [0.3, 0.4) is 0 Å². The molecule has 3 atom stereocenters. The third-order valence-electron chi connectivity index (χ3n) is 5.29. The number of rotatable bonds is 8. The lowest BCUT2D eigenvalue weighted by atomic mass is 10.1.